The Morgan fingerprint density at radius 1 is 1.22 bits per heavy atom. The first-order chi connectivity index (χ1) is 11.1. The minimum absolute atomic E-state index is 0.172. The number of hydrogen-bond donors (Lipinski definition) is 1. The standard InChI is InChI=1S/C19H20ClNO2/c1-14-7-3-5-9-16(14)18(23-2)13-21-19(22)12-11-15-8-4-6-10-17(15)20/h3-12,18H,13H2,1-2H3,(H,21,22)/b12-11+/t18-/m1/s1. The molecule has 0 radical (unpaired) electrons. The van der Waals surface area contributed by atoms with Crippen molar-refractivity contribution in [3.63, 3.8) is 0 Å². The van der Waals surface area contributed by atoms with Gasteiger partial charge in [0.2, 0.25) is 5.91 Å². The molecule has 0 aliphatic rings. The van der Waals surface area contributed by atoms with Crippen LogP contribution >= 0.6 is 11.6 Å². The zero-order valence-electron chi connectivity index (χ0n) is 13.3. The monoisotopic (exact) mass is 329 g/mol. The van der Waals surface area contributed by atoms with Crippen LogP contribution in [0.2, 0.25) is 5.02 Å². The van der Waals surface area contributed by atoms with Gasteiger partial charge in [-0.05, 0) is 35.8 Å². The largest absolute Gasteiger partial charge is 0.375 e. The van der Waals surface area contributed by atoms with Crippen LogP contribution < -0.4 is 5.32 Å². The summed E-state index contributed by atoms with van der Waals surface area (Å²) in [6.07, 6.45) is 3.01. The number of nitrogens with one attached hydrogen (secondary N) is 1. The van der Waals surface area contributed by atoms with E-state index in [4.69, 9.17) is 16.3 Å². The molecule has 1 atom stereocenters. The summed E-state index contributed by atoms with van der Waals surface area (Å²) in [5.74, 6) is -0.180. The highest BCUT2D eigenvalue weighted by Crippen LogP contribution is 2.19. The Labute approximate surface area is 141 Å². The maximum absolute atomic E-state index is 12.0. The third kappa shape index (κ3) is 4.95. The smallest absolute Gasteiger partial charge is 0.244 e. The van der Waals surface area contributed by atoms with Crippen LogP contribution in [0.1, 0.15) is 22.8 Å². The molecule has 120 valence electrons. The molecule has 2 rings (SSSR count). The Morgan fingerprint density at radius 2 is 1.91 bits per heavy atom. The summed E-state index contributed by atoms with van der Waals surface area (Å²) in [6.45, 7) is 2.44. The molecule has 2 aromatic carbocycles. The second-order valence-electron chi connectivity index (χ2n) is 5.18. The topological polar surface area (TPSA) is 38.3 Å². The Balaban J connectivity index is 1.95. The first kappa shape index (κ1) is 17.3. The zero-order chi connectivity index (χ0) is 16.7. The van der Waals surface area contributed by atoms with Gasteiger partial charge in [-0.15, -0.1) is 0 Å². The van der Waals surface area contributed by atoms with E-state index in [1.54, 1.807) is 19.3 Å². The van der Waals surface area contributed by atoms with Crippen molar-refractivity contribution in [3.05, 3.63) is 76.3 Å². The van der Waals surface area contributed by atoms with E-state index in [0.717, 1.165) is 16.7 Å². The second-order valence-corrected chi connectivity index (χ2v) is 5.59. The molecule has 0 saturated heterocycles. The van der Waals surface area contributed by atoms with Crippen molar-refractivity contribution in [2.75, 3.05) is 13.7 Å². The van der Waals surface area contributed by atoms with E-state index in [0.29, 0.717) is 11.6 Å². The number of benzene rings is 2. The summed E-state index contributed by atoms with van der Waals surface area (Å²) in [5, 5.41) is 3.47. The molecule has 0 heterocycles. The molecule has 1 amide bonds. The van der Waals surface area contributed by atoms with Gasteiger partial charge in [-0.25, -0.2) is 0 Å². The lowest BCUT2D eigenvalue weighted by atomic mass is 10.0. The minimum Gasteiger partial charge on any atom is -0.375 e. The van der Waals surface area contributed by atoms with E-state index in [-0.39, 0.29) is 12.0 Å². The van der Waals surface area contributed by atoms with Crippen LogP contribution in [0.4, 0.5) is 0 Å². The maximum Gasteiger partial charge on any atom is 0.244 e. The fourth-order valence-electron chi connectivity index (χ4n) is 2.30. The first-order valence-electron chi connectivity index (χ1n) is 7.40. The van der Waals surface area contributed by atoms with Crippen molar-refractivity contribution < 1.29 is 9.53 Å². The molecule has 23 heavy (non-hydrogen) atoms. The van der Waals surface area contributed by atoms with Gasteiger partial charge in [-0.2, -0.15) is 0 Å². The Morgan fingerprint density at radius 3 is 2.61 bits per heavy atom. The summed E-state index contributed by atoms with van der Waals surface area (Å²) >= 11 is 6.05. The lowest BCUT2D eigenvalue weighted by Crippen LogP contribution is -2.27. The number of rotatable bonds is 6. The quantitative estimate of drug-likeness (QED) is 0.808. The Kier molecular flexibility index (Phi) is 6.39. The van der Waals surface area contributed by atoms with Gasteiger partial charge in [-0.3, -0.25) is 4.79 Å². The number of methoxy groups -OCH3 is 1. The first-order valence-corrected chi connectivity index (χ1v) is 7.78. The molecule has 3 nitrogen and oxygen atoms in total. The molecule has 0 saturated carbocycles. The van der Waals surface area contributed by atoms with Gasteiger partial charge in [0.05, 0.1) is 6.10 Å². The van der Waals surface area contributed by atoms with Gasteiger partial charge in [0.1, 0.15) is 0 Å². The molecule has 2 aromatic rings. The SMILES string of the molecule is CO[C@H](CNC(=O)/C=C/c1ccccc1Cl)c1ccccc1C. The van der Waals surface area contributed by atoms with Crippen molar-refractivity contribution in [1.82, 2.24) is 5.32 Å². The molecule has 0 fully saturated rings. The lowest BCUT2D eigenvalue weighted by Gasteiger charge is -2.18. The number of hydrogen-bond acceptors (Lipinski definition) is 2. The van der Waals surface area contributed by atoms with Crippen molar-refractivity contribution in [1.29, 1.82) is 0 Å². The average molecular weight is 330 g/mol. The summed E-state index contributed by atoms with van der Waals surface area (Å²) in [6, 6.07) is 15.4. The van der Waals surface area contributed by atoms with E-state index in [1.165, 1.54) is 6.08 Å². The van der Waals surface area contributed by atoms with Gasteiger partial charge < -0.3 is 10.1 Å². The van der Waals surface area contributed by atoms with Crippen LogP contribution in [-0.2, 0) is 9.53 Å². The highest BCUT2D eigenvalue weighted by molar-refractivity contribution is 6.32. The van der Waals surface area contributed by atoms with Gasteiger partial charge in [0.25, 0.3) is 0 Å². The van der Waals surface area contributed by atoms with E-state index in [2.05, 4.69) is 5.32 Å². The molecular weight excluding hydrogens is 310 g/mol. The van der Waals surface area contributed by atoms with E-state index < -0.39 is 0 Å². The number of aryl methyl sites for hydroxylation is 1. The minimum atomic E-state index is -0.180. The number of amides is 1. The van der Waals surface area contributed by atoms with Crippen LogP contribution in [0.25, 0.3) is 6.08 Å². The number of halogens is 1. The fourth-order valence-corrected chi connectivity index (χ4v) is 2.49. The number of carbonyl (C=O) groups is 1. The molecule has 0 aromatic heterocycles. The molecular formula is C19H20ClNO2. The predicted molar refractivity (Wildman–Crippen MR) is 94.4 cm³/mol. The molecule has 0 unspecified atom stereocenters. The summed E-state index contributed by atoms with van der Waals surface area (Å²) in [5.41, 5.74) is 3.03. The fraction of sp³-hybridized carbons (Fsp3) is 0.211. The van der Waals surface area contributed by atoms with E-state index >= 15 is 0 Å². The van der Waals surface area contributed by atoms with Crippen LogP contribution in [0.5, 0.6) is 0 Å². The van der Waals surface area contributed by atoms with Crippen LogP contribution in [-0.4, -0.2) is 19.6 Å². The highest BCUT2D eigenvalue weighted by Gasteiger charge is 2.13. The van der Waals surface area contributed by atoms with E-state index in [9.17, 15) is 4.79 Å². The van der Waals surface area contributed by atoms with Gasteiger partial charge in [-0.1, -0.05) is 54.1 Å². The van der Waals surface area contributed by atoms with Crippen LogP contribution in [0.3, 0.4) is 0 Å². The van der Waals surface area contributed by atoms with Gasteiger partial charge in [0.15, 0.2) is 0 Å². The lowest BCUT2D eigenvalue weighted by molar-refractivity contribution is -0.117. The normalized spacial score (nSPS) is 12.3. The Bertz CT molecular complexity index is 697. The second kappa shape index (κ2) is 8.51. The van der Waals surface area contributed by atoms with Crippen molar-refractivity contribution in [2.24, 2.45) is 0 Å². The molecule has 0 bridgehead atoms. The third-order valence-electron chi connectivity index (χ3n) is 3.60. The number of carbonyl (C=O) groups excluding carboxylic acids is 1. The van der Waals surface area contributed by atoms with Crippen LogP contribution in [0, 0.1) is 6.92 Å². The van der Waals surface area contributed by atoms with Crippen LogP contribution in [0.15, 0.2) is 54.6 Å². The molecule has 4 heteroatoms. The third-order valence-corrected chi connectivity index (χ3v) is 3.95. The van der Waals surface area contributed by atoms with Gasteiger partial charge in [0, 0.05) is 24.8 Å². The van der Waals surface area contributed by atoms with Gasteiger partial charge >= 0.3 is 0 Å². The maximum atomic E-state index is 12.0. The molecule has 0 aliphatic heterocycles. The number of ether oxygens (including phenoxy) is 1. The Hall–Kier alpha value is -2.10. The molecule has 0 aliphatic carbocycles. The highest BCUT2D eigenvalue weighted by atomic mass is 35.5. The summed E-state index contributed by atoms with van der Waals surface area (Å²) in [4.78, 5) is 12.0. The van der Waals surface area contributed by atoms with Crippen molar-refractivity contribution >= 4 is 23.6 Å². The van der Waals surface area contributed by atoms with E-state index in [1.807, 2.05) is 49.4 Å². The predicted octanol–water partition coefficient (Wildman–Crippen LogP) is 4.17. The summed E-state index contributed by atoms with van der Waals surface area (Å²) in [7, 11) is 1.64. The molecule has 0 spiro atoms. The summed E-state index contributed by atoms with van der Waals surface area (Å²) < 4.78 is 5.49. The molecule has 1 N–H and O–H groups in total. The van der Waals surface area contributed by atoms with Crippen molar-refractivity contribution in [2.45, 2.75) is 13.0 Å². The average Bonchev–Trinajstić information content (AvgIpc) is 2.56. The van der Waals surface area contributed by atoms with Crippen molar-refractivity contribution in [3.8, 4) is 0 Å². The zero-order valence-corrected chi connectivity index (χ0v) is 14.0.